The molecule has 1 amide bonds. The number of carboxylic acids is 1. The van der Waals surface area contributed by atoms with Crippen molar-refractivity contribution in [1.82, 2.24) is 15.2 Å². The van der Waals surface area contributed by atoms with E-state index < -0.39 is 26.8 Å². The molecule has 2 fully saturated rings. The first-order valence-electron chi connectivity index (χ1n) is 14.2. The molecule has 0 bridgehead atoms. The number of hydrogen-bond donors (Lipinski definition) is 4. The summed E-state index contributed by atoms with van der Waals surface area (Å²) in [5.74, 6) is -1.11. The normalized spacial score (nSPS) is 18.3. The summed E-state index contributed by atoms with van der Waals surface area (Å²) >= 11 is 0. The number of fused-ring (bicyclic) bond motifs is 1. The van der Waals surface area contributed by atoms with E-state index in [4.69, 9.17) is 9.47 Å². The average Bonchev–Trinajstić information content (AvgIpc) is 2.97. The highest BCUT2D eigenvalue weighted by atomic mass is 32.2. The second kappa shape index (κ2) is 12.3. The van der Waals surface area contributed by atoms with E-state index in [9.17, 15) is 23.1 Å². The maximum Gasteiger partial charge on any atom is 0.410 e. The third-order valence-electron chi connectivity index (χ3n) is 7.28. The summed E-state index contributed by atoms with van der Waals surface area (Å²) in [7, 11) is -3.91. The van der Waals surface area contributed by atoms with Gasteiger partial charge in [-0.2, -0.15) is 0 Å². The molecule has 2 aromatic carbocycles. The highest BCUT2D eigenvalue weighted by Gasteiger charge is 2.32. The van der Waals surface area contributed by atoms with E-state index >= 15 is 0 Å². The van der Waals surface area contributed by atoms with Crippen LogP contribution in [0.3, 0.4) is 0 Å². The van der Waals surface area contributed by atoms with Crippen molar-refractivity contribution in [2.45, 2.75) is 55.7 Å². The van der Waals surface area contributed by atoms with E-state index in [1.807, 2.05) is 32.9 Å². The Morgan fingerprint density at radius 2 is 1.84 bits per heavy atom. The van der Waals surface area contributed by atoms with Gasteiger partial charge in [-0.05, 0) is 70.0 Å². The Kier molecular flexibility index (Phi) is 8.76. The number of carbonyl (C=O) groups is 2. The molecule has 230 valence electrons. The largest absolute Gasteiger partial charge is 0.478 e. The number of likely N-dealkylation sites (tertiary alicyclic amines) is 1. The number of hydrogen-bond acceptors (Lipinski definition) is 10. The maximum absolute atomic E-state index is 13.5. The van der Waals surface area contributed by atoms with Crippen LogP contribution in [0.5, 0.6) is 0 Å². The zero-order valence-corrected chi connectivity index (χ0v) is 25.2. The molecule has 4 N–H and O–H groups in total. The number of nitrogens with zero attached hydrogens (tertiary/aromatic N) is 2. The molecule has 2 aliphatic heterocycles. The molecule has 12 nitrogen and oxygen atoms in total. The number of piperidine rings is 1. The van der Waals surface area contributed by atoms with Gasteiger partial charge in [0.05, 0.1) is 35.7 Å². The van der Waals surface area contributed by atoms with Crippen LogP contribution in [-0.4, -0.2) is 85.3 Å². The van der Waals surface area contributed by atoms with Crippen molar-refractivity contribution in [3.8, 4) is 0 Å². The Morgan fingerprint density at radius 3 is 2.51 bits per heavy atom. The smallest absolute Gasteiger partial charge is 0.410 e. The molecule has 5 rings (SSSR count). The molecule has 0 saturated carbocycles. The highest BCUT2D eigenvalue weighted by molar-refractivity contribution is 7.92. The summed E-state index contributed by atoms with van der Waals surface area (Å²) in [6.07, 6.45) is 1.13. The van der Waals surface area contributed by atoms with Crippen LogP contribution in [0.25, 0.3) is 10.9 Å². The van der Waals surface area contributed by atoms with Gasteiger partial charge >= 0.3 is 12.1 Å². The highest BCUT2D eigenvalue weighted by Crippen LogP contribution is 2.33. The van der Waals surface area contributed by atoms with Gasteiger partial charge < -0.3 is 30.1 Å². The molecular formula is C30H37N5O7S. The topological polar surface area (TPSA) is 159 Å². The summed E-state index contributed by atoms with van der Waals surface area (Å²) in [5, 5.41) is 18.9. The summed E-state index contributed by atoms with van der Waals surface area (Å²) < 4.78 is 37.9. The Bertz CT molecular complexity index is 1610. The van der Waals surface area contributed by atoms with Gasteiger partial charge in [0.1, 0.15) is 11.0 Å². The quantitative estimate of drug-likeness (QED) is 0.303. The standard InChI is InChI=1S/C30H37N5O7S/c1-30(2,3)42-29(38)35-13-10-19(11-14-35)32-20-8-9-24-22(16-20)25(33-23-7-5-4-6-21(23)28(36)37)17-26(34-24)43(39,40)27-18-41-15-12-31-27/h4-9,16-17,19,27,31-32H,10-15,18H2,1-3H3,(H,33,34)(H,36,37). The molecule has 0 spiro atoms. The second-order valence-electron chi connectivity index (χ2n) is 11.7. The number of nitrogens with one attached hydrogen (secondary N) is 3. The lowest BCUT2D eigenvalue weighted by molar-refractivity contribution is 0.0210. The van der Waals surface area contributed by atoms with Gasteiger partial charge in [-0.1, -0.05) is 12.1 Å². The van der Waals surface area contributed by atoms with Gasteiger partial charge in [0.25, 0.3) is 0 Å². The predicted molar refractivity (Wildman–Crippen MR) is 163 cm³/mol. The van der Waals surface area contributed by atoms with Crippen molar-refractivity contribution in [3.63, 3.8) is 0 Å². The summed E-state index contributed by atoms with van der Waals surface area (Å²) in [5.41, 5.74) is 1.43. The predicted octanol–water partition coefficient (Wildman–Crippen LogP) is 4.21. The van der Waals surface area contributed by atoms with Crippen molar-refractivity contribution in [2.24, 2.45) is 0 Å². The number of ether oxygens (including phenoxy) is 2. The van der Waals surface area contributed by atoms with Crippen molar-refractivity contribution < 1.29 is 32.6 Å². The molecule has 43 heavy (non-hydrogen) atoms. The first-order valence-corrected chi connectivity index (χ1v) is 15.8. The minimum atomic E-state index is -3.91. The van der Waals surface area contributed by atoms with Crippen molar-refractivity contribution in [1.29, 1.82) is 0 Å². The third kappa shape index (κ3) is 7.17. The molecule has 3 aromatic rings. The second-order valence-corrected chi connectivity index (χ2v) is 13.7. The number of morpholine rings is 1. The van der Waals surface area contributed by atoms with Crippen LogP contribution < -0.4 is 16.0 Å². The number of carboxylic acid groups (broad SMARTS) is 1. The van der Waals surface area contributed by atoms with Gasteiger partial charge in [-0.15, -0.1) is 0 Å². The summed E-state index contributed by atoms with van der Waals surface area (Å²) in [4.78, 5) is 30.6. The number of carbonyl (C=O) groups excluding carboxylic acids is 1. The number of aromatic nitrogens is 1. The minimum absolute atomic E-state index is 0.00224. The lowest BCUT2D eigenvalue weighted by Gasteiger charge is -2.34. The molecule has 0 radical (unpaired) electrons. The Labute approximate surface area is 250 Å². The minimum Gasteiger partial charge on any atom is -0.478 e. The zero-order valence-electron chi connectivity index (χ0n) is 24.4. The van der Waals surface area contributed by atoms with E-state index in [0.717, 1.165) is 18.5 Å². The lowest BCUT2D eigenvalue weighted by atomic mass is 10.0. The molecule has 13 heteroatoms. The van der Waals surface area contributed by atoms with E-state index in [1.54, 1.807) is 29.2 Å². The molecule has 1 aromatic heterocycles. The number of anilines is 3. The van der Waals surface area contributed by atoms with Crippen LogP contribution >= 0.6 is 0 Å². The van der Waals surface area contributed by atoms with Crippen LogP contribution in [0.1, 0.15) is 44.0 Å². The van der Waals surface area contributed by atoms with Crippen LogP contribution in [-0.2, 0) is 19.3 Å². The van der Waals surface area contributed by atoms with Gasteiger partial charge in [0, 0.05) is 36.7 Å². The Hall–Kier alpha value is -3.94. The average molecular weight is 612 g/mol. The number of rotatable bonds is 7. The van der Waals surface area contributed by atoms with E-state index in [1.165, 1.54) is 12.1 Å². The zero-order chi connectivity index (χ0) is 30.8. The fraction of sp³-hybridized carbons (Fsp3) is 0.433. The summed E-state index contributed by atoms with van der Waals surface area (Å²) in [6, 6.07) is 13.4. The van der Waals surface area contributed by atoms with Gasteiger partial charge in [0.2, 0.25) is 9.84 Å². The summed E-state index contributed by atoms with van der Waals surface area (Å²) in [6.45, 7) is 7.47. The molecule has 2 aliphatic rings. The lowest BCUT2D eigenvalue weighted by Crippen LogP contribution is -2.46. The van der Waals surface area contributed by atoms with Crippen molar-refractivity contribution in [2.75, 3.05) is 43.5 Å². The first kappa shape index (κ1) is 30.5. The number of para-hydroxylation sites is 1. The van der Waals surface area contributed by atoms with E-state index in [2.05, 4.69) is 20.9 Å². The number of pyridine rings is 1. The van der Waals surface area contributed by atoms with Crippen LogP contribution in [0.2, 0.25) is 0 Å². The van der Waals surface area contributed by atoms with Crippen molar-refractivity contribution in [3.05, 3.63) is 54.1 Å². The van der Waals surface area contributed by atoms with Crippen LogP contribution in [0, 0.1) is 0 Å². The first-order chi connectivity index (χ1) is 20.4. The van der Waals surface area contributed by atoms with E-state index in [-0.39, 0.29) is 29.3 Å². The number of aromatic carboxylic acids is 1. The maximum atomic E-state index is 13.5. The van der Waals surface area contributed by atoms with Gasteiger partial charge in [0.15, 0.2) is 5.03 Å². The number of benzene rings is 2. The number of sulfone groups is 1. The molecular weight excluding hydrogens is 574 g/mol. The van der Waals surface area contributed by atoms with E-state index in [0.29, 0.717) is 48.5 Å². The van der Waals surface area contributed by atoms with Crippen molar-refractivity contribution >= 4 is 49.9 Å². The Balaban J connectivity index is 1.44. The molecule has 2 saturated heterocycles. The van der Waals surface area contributed by atoms with Crippen LogP contribution in [0.4, 0.5) is 21.9 Å². The SMILES string of the molecule is CC(C)(C)OC(=O)N1CCC(Nc2ccc3nc(S(=O)(=O)C4COCCN4)cc(Nc4ccccc4C(=O)O)c3c2)CC1. The molecule has 0 aliphatic carbocycles. The molecule has 3 heterocycles. The van der Waals surface area contributed by atoms with Crippen LogP contribution in [0.15, 0.2) is 53.6 Å². The number of amides is 1. The molecule has 1 unspecified atom stereocenters. The Morgan fingerprint density at radius 1 is 1.09 bits per heavy atom. The molecule has 1 atom stereocenters. The fourth-order valence-electron chi connectivity index (χ4n) is 5.12. The van der Waals surface area contributed by atoms with Gasteiger partial charge in [-0.25, -0.2) is 23.0 Å². The third-order valence-corrected chi connectivity index (χ3v) is 9.13. The monoisotopic (exact) mass is 611 g/mol. The van der Waals surface area contributed by atoms with Gasteiger partial charge in [-0.3, -0.25) is 5.32 Å². The fourth-order valence-corrected chi connectivity index (χ4v) is 6.53.